The summed E-state index contributed by atoms with van der Waals surface area (Å²) in [5.41, 5.74) is -0.531. The number of nitrogens with one attached hydrogen (secondary N) is 2. The van der Waals surface area contributed by atoms with Crippen molar-refractivity contribution in [2.75, 3.05) is 11.9 Å². The number of H-pyrrole nitrogens is 1. The third kappa shape index (κ3) is 6.26. The van der Waals surface area contributed by atoms with Gasteiger partial charge in [-0.25, -0.2) is 0 Å². The molecule has 0 aliphatic carbocycles. The molecule has 1 amide bonds. The van der Waals surface area contributed by atoms with Crippen LogP contribution in [-0.4, -0.2) is 23.9 Å². The molecule has 0 saturated carbocycles. The van der Waals surface area contributed by atoms with Crippen molar-refractivity contribution in [1.82, 2.24) is 4.98 Å². The van der Waals surface area contributed by atoms with Gasteiger partial charge in [-0.05, 0) is 55.5 Å². The summed E-state index contributed by atoms with van der Waals surface area (Å²) in [5, 5.41) is 2.45. The summed E-state index contributed by atoms with van der Waals surface area (Å²) in [6.45, 7) is 2.31. The molecule has 162 valence electrons. The second-order valence-corrected chi connectivity index (χ2v) is 6.11. The number of pyridine rings is 1. The second-order valence-electron chi connectivity index (χ2n) is 6.11. The lowest BCUT2D eigenvalue weighted by molar-refractivity contribution is -0.274. The van der Waals surface area contributed by atoms with Gasteiger partial charge < -0.3 is 24.5 Å². The number of halogens is 3. The zero-order valence-corrected chi connectivity index (χ0v) is 16.2. The molecule has 10 heteroatoms. The first kappa shape index (κ1) is 21.8. The van der Waals surface area contributed by atoms with Crippen LogP contribution in [0.5, 0.6) is 23.0 Å². The smallest absolute Gasteiger partial charge is 0.494 e. The summed E-state index contributed by atoms with van der Waals surface area (Å²) in [5.74, 6) is -0.461. The first-order valence-electron chi connectivity index (χ1n) is 9.04. The van der Waals surface area contributed by atoms with E-state index < -0.39 is 23.6 Å². The van der Waals surface area contributed by atoms with Crippen LogP contribution in [-0.2, 0) is 0 Å². The molecule has 3 rings (SSSR count). The Morgan fingerprint density at radius 3 is 2.32 bits per heavy atom. The number of aromatic amines is 1. The molecule has 7 nitrogen and oxygen atoms in total. The summed E-state index contributed by atoms with van der Waals surface area (Å²) in [6.07, 6.45) is -3.61. The minimum atomic E-state index is -4.93. The fourth-order valence-electron chi connectivity index (χ4n) is 2.59. The predicted octanol–water partition coefficient (Wildman–Crippen LogP) is 4.72. The Morgan fingerprint density at radius 1 is 1.00 bits per heavy atom. The van der Waals surface area contributed by atoms with Crippen LogP contribution in [0.1, 0.15) is 17.3 Å². The Hall–Kier alpha value is -3.95. The van der Waals surface area contributed by atoms with Crippen LogP contribution in [0.4, 0.5) is 18.9 Å². The third-order valence-electron chi connectivity index (χ3n) is 3.82. The standard InChI is InChI=1S/C21H17F3N2O5/c1-2-29-14-3-5-15(6-4-14)30-18-8-7-16(31-21(22,23)24)12-17(18)20(28)26-13-9-10-25-19(27)11-13/h3-12H,2H2,1H3,(H2,25,26,27,28). The Kier molecular flexibility index (Phi) is 6.49. The maximum absolute atomic E-state index is 12.7. The van der Waals surface area contributed by atoms with E-state index >= 15 is 0 Å². The molecule has 0 fully saturated rings. The van der Waals surface area contributed by atoms with Crippen LogP contribution in [0.25, 0.3) is 0 Å². The Morgan fingerprint density at radius 2 is 1.68 bits per heavy atom. The van der Waals surface area contributed by atoms with Gasteiger partial charge in [-0.2, -0.15) is 0 Å². The molecule has 2 N–H and O–H groups in total. The van der Waals surface area contributed by atoms with Crippen molar-refractivity contribution in [2.24, 2.45) is 0 Å². The van der Waals surface area contributed by atoms with E-state index in [9.17, 15) is 22.8 Å². The van der Waals surface area contributed by atoms with Crippen LogP contribution in [0, 0.1) is 0 Å². The highest BCUT2D eigenvalue weighted by molar-refractivity contribution is 6.06. The average molecular weight is 434 g/mol. The van der Waals surface area contributed by atoms with E-state index in [1.54, 1.807) is 24.3 Å². The van der Waals surface area contributed by atoms with Crippen LogP contribution >= 0.6 is 0 Å². The topological polar surface area (TPSA) is 89.7 Å². The fraction of sp³-hybridized carbons (Fsp3) is 0.143. The summed E-state index contributed by atoms with van der Waals surface area (Å²) in [7, 11) is 0. The van der Waals surface area contributed by atoms with Crippen molar-refractivity contribution < 1.29 is 32.2 Å². The van der Waals surface area contributed by atoms with Crippen LogP contribution in [0.2, 0.25) is 0 Å². The van der Waals surface area contributed by atoms with Gasteiger partial charge in [0.15, 0.2) is 0 Å². The van der Waals surface area contributed by atoms with Gasteiger partial charge in [-0.1, -0.05) is 0 Å². The molecule has 3 aromatic rings. The number of ether oxygens (including phenoxy) is 3. The molecule has 0 aliphatic rings. The minimum Gasteiger partial charge on any atom is -0.494 e. The lowest BCUT2D eigenvalue weighted by Crippen LogP contribution is -2.18. The normalized spacial score (nSPS) is 11.0. The van der Waals surface area contributed by atoms with Crippen molar-refractivity contribution in [3.63, 3.8) is 0 Å². The number of hydrogen-bond acceptors (Lipinski definition) is 5. The fourth-order valence-corrected chi connectivity index (χ4v) is 2.59. The highest BCUT2D eigenvalue weighted by Crippen LogP contribution is 2.32. The highest BCUT2D eigenvalue weighted by Gasteiger charge is 2.31. The quantitative estimate of drug-likeness (QED) is 0.562. The highest BCUT2D eigenvalue weighted by atomic mass is 19.4. The van der Waals surface area contributed by atoms with Gasteiger partial charge in [0.25, 0.3) is 5.91 Å². The van der Waals surface area contributed by atoms with Gasteiger partial charge in [0, 0.05) is 18.0 Å². The Balaban J connectivity index is 1.91. The maximum Gasteiger partial charge on any atom is 0.573 e. The number of benzene rings is 2. The Labute approximate surface area is 174 Å². The van der Waals surface area contributed by atoms with Gasteiger partial charge in [0.2, 0.25) is 5.56 Å². The molecular weight excluding hydrogens is 417 g/mol. The number of amides is 1. The zero-order chi connectivity index (χ0) is 22.4. The molecule has 1 aromatic heterocycles. The molecule has 0 aliphatic heterocycles. The Bertz CT molecular complexity index is 1110. The summed E-state index contributed by atoms with van der Waals surface area (Å²) in [4.78, 5) is 26.5. The van der Waals surface area contributed by atoms with Gasteiger partial charge in [0.05, 0.1) is 12.2 Å². The number of alkyl halides is 3. The monoisotopic (exact) mass is 434 g/mol. The third-order valence-corrected chi connectivity index (χ3v) is 3.82. The van der Waals surface area contributed by atoms with Crippen molar-refractivity contribution >= 4 is 11.6 Å². The molecule has 31 heavy (non-hydrogen) atoms. The predicted molar refractivity (Wildman–Crippen MR) is 106 cm³/mol. The number of anilines is 1. The van der Waals surface area contributed by atoms with E-state index in [1.807, 2.05) is 6.92 Å². The molecule has 0 unspecified atom stereocenters. The SMILES string of the molecule is CCOc1ccc(Oc2ccc(OC(F)(F)F)cc2C(=O)Nc2cc[nH]c(=O)c2)cc1. The van der Waals surface area contributed by atoms with Gasteiger partial charge in [-0.3, -0.25) is 9.59 Å². The van der Waals surface area contributed by atoms with Crippen molar-refractivity contribution in [3.8, 4) is 23.0 Å². The zero-order valence-electron chi connectivity index (χ0n) is 16.2. The van der Waals surface area contributed by atoms with Gasteiger partial charge in [0.1, 0.15) is 23.0 Å². The largest absolute Gasteiger partial charge is 0.573 e. The molecule has 2 aromatic carbocycles. The molecule has 0 atom stereocenters. The molecule has 0 saturated heterocycles. The first-order chi connectivity index (χ1) is 14.7. The van der Waals surface area contributed by atoms with E-state index in [0.29, 0.717) is 18.1 Å². The number of rotatable bonds is 7. The first-order valence-corrected chi connectivity index (χ1v) is 9.04. The summed E-state index contributed by atoms with van der Waals surface area (Å²) in [6, 6.07) is 12.1. The number of carbonyl (C=O) groups excluding carboxylic acids is 1. The van der Waals surface area contributed by atoms with E-state index in [2.05, 4.69) is 15.0 Å². The second kappa shape index (κ2) is 9.24. The van der Waals surface area contributed by atoms with E-state index in [4.69, 9.17) is 9.47 Å². The van der Waals surface area contributed by atoms with Crippen molar-refractivity contribution in [3.05, 3.63) is 76.7 Å². The number of carbonyl (C=O) groups is 1. The van der Waals surface area contributed by atoms with E-state index in [0.717, 1.165) is 18.2 Å². The molecule has 0 bridgehead atoms. The summed E-state index contributed by atoms with van der Waals surface area (Å²) < 4.78 is 52.8. The van der Waals surface area contributed by atoms with Crippen LogP contribution < -0.4 is 25.1 Å². The van der Waals surface area contributed by atoms with Gasteiger partial charge in [-0.15, -0.1) is 13.2 Å². The molecule has 0 radical (unpaired) electrons. The van der Waals surface area contributed by atoms with Crippen molar-refractivity contribution in [2.45, 2.75) is 13.3 Å². The lowest BCUT2D eigenvalue weighted by Gasteiger charge is -2.15. The van der Waals surface area contributed by atoms with E-state index in [-0.39, 0.29) is 17.0 Å². The lowest BCUT2D eigenvalue weighted by atomic mass is 10.1. The van der Waals surface area contributed by atoms with Crippen LogP contribution in [0.3, 0.4) is 0 Å². The molecule has 1 heterocycles. The van der Waals surface area contributed by atoms with E-state index in [1.165, 1.54) is 18.3 Å². The minimum absolute atomic E-state index is 0.0129. The van der Waals surface area contributed by atoms with Gasteiger partial charge >= 0.3 is 6.36 Å². The number of hydrogen-bond donors (Lipinski definition) is 2. The summed E-state index contributed by atoms with van der Waals surface area (Å²) >= 11 is 0. The van der Waals surface area contributed by atoms with Crippen molar-refractivity contribution in [1.29, 1.82) is 0 Å². The molecule has 0 spiro atoms. The maximum atomic E-state index is 12.7. The van der Waals surface area contributed by atoms with Crippen LogP contribution in [0.15, 0.2) is 65.6 Å². The number of aromatic nitrogens is 1. The average Bonchev–Trinajstić information content (AvgIpc) is 2.69. The molecular formula is C21H17F3N2O5.